The predicted molar refractivity (Wildman–Crippen MR) is 158 cm³/mol. The molecule has 3 unspecified atom stereocenters. The molecule has 0 saturated carbocycles. The molecular weight excluding hydrogens is 601 g/mol. The number of likely N-dealkylation sites (N-methyl/N-ethyl adjacent to an activating group) is 1. The summed E-state index contributed by atoms with van der Waals surface area (Å²) in [5.74, 6) is -9.58. The van der Waals surface area contributed by atoms with Crippen LogP contribution in [0.1, 0.15) is 11.1 Å². The number of hydrogen-bond donors (Lipinski definition) is 10. The number of aromatic hydroxyl groups is 3. The van der Waals surface area contributed by atoms with Crippen molar-refractivity contribution in [3.63, 3.8) is 0 Å². The minimum absolute atomic E-state index is 0.0544. The fourth-order valence-corrected chi connectivity index (χ4v) is 4.97. The Morgan fingerprint density at radius 2 is 1.69 bits per heavy atom. The van der Waals surface area contributed by atoms with Crippen LogP contribution in [0.25, 0.3) is 0 Å². The Balaban J connectivity index is 2.04. The summed E-state index contributed by atoms with van der Waals surface area (Å²) in [7, 11) is 2.92. The van der Waals surface area contributed by atoms with Crippen molar-refractivity contribution in [2.24, 2.45) is 0 Å². The summed E-state index contributed by atoms with van der Waals surface area (Å²) in [6.45, 7) is 3.00. The quantitative estimate of drug-likeness (QED) is 0.0281. The van der Waals surface area contributed by atoms with Gasteiger partial charge in [0, 0.05) is 38.8 Å². The van der Waals surface area contributed by atoms with E-state index in [1.807, 2.05) is 0 Å². The van der Waals surface area contributed by atoms with Crippen molar-refractivity contribution in [2.75, 3.05) is 39.9 Å². The molecule has 0 bridgehead atoms. The zero-order valence-electron chi connectivity index (χ0n) is 24.8. The van der Waals surface area contributed by atoms with Gasteiger partial charge in [0.1, 0.15) is 25.7 Å². The standard InChI is InChI=1S/C26H35B2FN4O12/c1-11(35)17(36)15-13(9-33(24(15)42)21(23(41)30-2)26(28,44)25(27,43)10-34)22(40)31-7-12-16(29)18(37)14(20(39)19(12)38)8-32-3-5-45-6-4-32/h10,21,31,35-40,43-44H,1,3-9,27-28H2,2H3,(H,30,41)/b17-15-,22-13-. The first-order chi connectivity index (χ1) is 20.9. The number of morpholine rings is 1. The van der Waals surface area contributed by atoms with Crippen molar-refractivity contribution in [3.8, 4) is 17.2 Å². The Morgan fingerprint density at radius 1 is 1.11 bits per heavy atom. The van der Waals surface area contributed by atoms with E-state index in [2.05, 4.69) is 17.2 Å². The van der Waals surface area contributed by atoms with E-state index in [0.717, 1.165) is 22.7 Å². The number of carbonyl (C=O) groups excluding carboxylic acids is 3. The molecule has 1 aromatic rings. The smallest absolute Gasteiger partial charge is 0.259 e. The third kappa shape index (κ3) is 6.51. The summed E-state index contributed by atoms with van der Waals surface area (Å²) in [6, 6.07) is -2.02. The van der Waals surface area contributed by atoms with Gasteiger partial charge in [-0.2, -0.15) is 0 Å². The molecule has 1 aromatic carbocycles. The fraction of sp³-hybridized carbons (Fsp3) is 0.423. The van der Waals surface area contributed by atoms with Gasteiger partial charge in [0.2, 0.25) is 5.91 Å². The van der Waals surface area contributed by atoms with Gasteiger partial charge < -0.3 is 65.9 Å². The van der Waals surface area contributed by atoms with Gasteiger partial charge in [-0.15, -0.1) is 0 Å². The first kappa shape index (κ1) is 35.0. The highest BCUT2D eigenvalue weighted by Crippen LogP contribution is 2.42. The second-order valence-electron chi connectivity index (χ2n) is 10.9. The first-order valence-electron chi connectivity index (χ1n) is 13.6. The second kappa shape index (κ2) is 13.3. The summed E-state index contributed by atoms with van der Waals surface area (Å²) in [6.07, 6.45) is -0.0544. The largest absolute Gasteiger partial charge is 0.505 e. The number of phenols is 3. The highest BCUT2D eigenvalue weighted by molar-refractivity contribution is 6.33. The lowest BCUT2D eigenvalue weighted by Gasteiger charge is -2.43. The van der Waals surface area contributed by atoms with E-state index in [1.165, 1.54) is 0 Å². The van der Waals surface area contributed by atoms with Gasteiger partial charge in [-0.3, -0.25) is 14.5 Å². The van der Waals surface area contributed by atoms with Crippen LogP contribution in [0.4, 0.5) is 4.39 Å². The molecule has 0 spiro atoms. The van der Waals surface area contributed by atoms with Crippen LogP contribution < -0.4 is 10.6 Å². The third-order valence-corrected chi connectivity index (χ3v) is 7.97. The van der Waals surface area contributed by atoms with Crippen molar-refractivity contribution in [1.82, 2.24) is 20.4 Å². The van der Waals surface area contributed by atoms with E-state index in [0.29, 0.717) is 31.2 Å². The molecule has 3 rings (SSSR count). The second-order valence-corrected chi connectivity index (χ2v) is 10.9. The number of aliphatic hydroxyl groups is 5. The van der Waals surface area contributed by atoms with E-state index >= 15 is 4.39 Å². The van der Waals surface area contributed by atoms with Crippen LogP contribution in [0.3, 0.4) is 0 Å². The Morgan fingerprint density at radius 3 is 2.22 bits per heavy atom. The lowest BCUT2D eigenvalue weighted by atomic mass is 9.55. The van der Waals surface area contributed by atoms with Gasteiger partial charge >= 0.3 is 0 Å². The van der Waals surface area contributed by atoms with Crippen molar-refractivity contribution in [3.05, 3.63) is 52.1 Å². The number of phenolic OH excluding ortho intramolecular Hbond substituents is 3. The van der Waals surface area contributed by atoms with Gasteiger partial charge in [-0.05, 0) is 0 Å². The summed E-state index contributed by atoms with van der Waals surface area (Å²) in [5, 5.41) is 89.0. The molecule has 2 fully saturated rings. The van der Waals surface area contributed by atoms with Crippen molar-refractivity contribution >= 4 is 33.8 Å². The van der Waals surface area contributed by atoms with Gasteiger partial charge in [0.25, 0.3) is 5.91 Å². The SMILES string of the molecule is BC(O)(C=O)C(B)(O)C(C(=O)NC)N1CC(=C(/O)NCc2c(O)c(O)c(CN3CCOCC3)c(O)c2F)/C(=C(/O)C(=C)O)C1=O. The normalized spacial score (nSPS) is 21.3. The molecule has 0 aliphatic carbocycles. The van der Waals surface area contributed by atoms with Crippen molar-refractivity contribution in [2.45, 2.75) is 30.1 Å². The minimum Gasteiger partial charge on any atom is -0.505 e. The summed E-state index contributed by atoms with van der Waals surface area (Å²) < 4.78 is 20.5. The summed E-state index contributed by atoms with van der Waals surface area (Å²) in [5.41, 5.74) is -7.59. The zero-order valence-corrected chi connectivity index (χ0v) is 24.8. The van der Waals surface area contributed by atoms with Crippen LogP contribution >= 0.6 is 0 Å². The van der Waals surface area contributed by atoms with Crippen LogP contribution in [0.15, 0.2) is 35.1 Å². The number of ether oxygens (including phenoxy) is 1. The van der Waals surface area contributed by atoms with Crippen molar-refractivity contribution in [1.29, 1.82) is 0 Å². The number of hydrogen-bond acceptors (Lipinski definition) is 14. The molecule has 0 radical (unpaired) electrons. The molecule has 244 valence electrons. The average Bonchev–Trinajstić information content (AvgIpc) is 3.33. The van der Waals surface area contributed by atoms with Crippen LogP contribution in [0, 0.1) is 5.82 Å². The maximum absolute atomic E-state index is 15.2. The van der Waals surface area contributed by atoms with E-state index in [4.69, 9.17) is 4.74 Å². The number of carbonyl (C=O) groups is 3. The molecule has 0 aromatic heterocycles. The van der Waals surface area contributed by atoms with Crippen LogP contribution in [0.2, 0.25) is 0 Å². The Bertz CT molecular complexity index is 1430. The van der Waals surface area contributed by atoms with E-state index in [1.54, 1.807) is 4.90 Å². The predicted octanol–water partition coefficient (Wildman–Crippen LogP) is -3.68. The number of aliphatic hydroxyl groups excluding tert-OH is 3. The topological polar surface area (TPSA) is 253 Å². The van der Waals surface area contributed by atoms with Gasteiger partial charge in [0.15, 0.2) is 48.3 Å². The molecule has 3 atom stereocenters. The molecule has 19 heteroatoms. The van der Waals surface area contributed by atoms with Gasteiger partial charge in [-0.1, -0.05) is 6.58 Å². The van der Waals surface area contributed by atoms with Crippen LogP contribution in [0.5, 0.6) is 17.2 Å². The number of amides is 2. The number of benzene rings is 1. The third-order valence-electron chi connectivity index (χ3n) is 7.97. The average molecular weight is 636 g/mol. The van der Waals surface area contributed by atoms with Gasteiger partial charge in [-0.25, -0.2) is 4.39 Å². The van der Waals surface area contributed by atoms with Gasteiger partial charge in [0.05, 0.1) is 42.0 Å². The number of nitrogens with one attached hydrogen (secondary N) is 2. The molecule has 2 aliphatic heterocycles. The van der Waals surface area contributed by atoms with E-state index in [9.17, 15) is 55.2 Å². The molecule has 16 nitrogen and oxygen atoms in total. The minimum atomic E-state index is -2.66. The van der Waals surface area contributed by atoms with Crippen LogP contribution in [-0.2, 0) is 32.2 Å². The number of halogens is 1. The van der Waals surface area contributed by atoms with Crippen molar-refractivity contribution < 1.29 is 64.4 Å². The Labute approximate surface area is 258 Å². The Kier molecular flexibility index (Phi) is 10.3. The number of aldehydes is 1. The highest BCUT2D eigenvalue weighted by atomic mass is 19.1. The molecule has 2 heterocycles. The summed E-state index contributed by atoms with van der Waals surface area (Å²) in [4.78, 5) is 40.3. The number of nitrogens with zero attached hydrogens (tertiary/aromatic N) is 2. The first-order valence-corrected chi connectivity index (χ1v) is 13.6. The van der Waals surface area contributed by atoms with E-state index in [-0.39, 0.29) is 18.4 Å². The molecule has 10 N–H and O–H groups in total. The highest BCUT2D eigenvalue weighted by Gasteiger charge is 2.56. The molecule has 2 saturated heterocycles. The molecular formula is C26H35B2FN4O12. The number of rotatable bonds is 11. The zero-order chi connectivity index (χ0) is 34.0. The molecule has 45 heavy (non-hydrogen) atoms. The van der Waals surface area contributed by atoms with E-state index < -0.39 is 99.1 Å². The molecule has 2 amide bonds. The summed E-state index contributed by atoms with van der Waals surface area (Å²) >= 11 is 0. The maximum atomic E-state index is 15.2. The fourth-order valence-electron chi connectivity index (χ4n) is 4.97. The maximum Gasteiger partial charge on any atom is 0.259 e. The monoisotopic (exact) mass is 636 g/mol. The lowest BCUT2D eigenvalue weighted by Crippen LogP contribution is -2.71. The number of likely N-dealkylation sites (tertiary alicyclic amines) is 1. The lowest BCUT2D eigenvalue weighted by molar-refractivity contribution is -0.154. The Hall–Kier alpha value is -4.45. The van der Waals surface area contributed by atoms with Crippen LogP contribution in [-0.4, -0.2) is 141 Å². The molecule has 2 aliphatic rings.